The van der Waals surface area contributed by atoms with Gasteiger partial charge in [-0.25, -0.2) is 4.31 Å². The Balaban J connectivity index is 1.67. The van der Waals surface area contributed by atoms with E-state index in [4.69, 9.17) is 4.74 Å². The average Bonchev–Trinajstić information content (AvgIpc) is 3.15. The second-order valence-corrected chi connectivity index (χ2v) is 11.3. The number of piperidine rings is 1. The zero-order valence-corrected chi connectivity index (χ0v) is 20.9. The van der Waals surface area contributed by atoms with Crippen LogP contribution in [0.4, 0.5) is 5.00 Å². The van der Waals surface area contributed by atoms with Gasteiger partial charge in [0.1, 0.15) is 5.00 Å². The average molecular weight is 487 g/mol. The van der Waals surface area contributed by atoms with Crippen molar-refractivity contribution in [2.75, 3.05) is 24.0 Å². The van der Waals surface area contributed by atoms with E-state index in [1.165, 1.54) is 15.6 Å². The van der Waals surface area contributed by atoms with Gasteiger partial charge in [0.2, 0.25) is 0 Å². The Kier molecular flexibility index (Phi) is 7.07. The van der Waals surface area contributed by atoms with Crippen molar-refractivity contribution in [1.29, 1.82) is 0 Å². The van der Waals surface area contributed by atoms with E-state index in [0.29, 0.717) is 32.5 Å². The van der Waals surface area contributed by atoms with E-state index in [9.17, 15) is 13.2 Å². The summed E-state index contributed by atoms with van der Waals surface area (Å²) < 4.78 is 37.1. The fourth-order valence-electron chi connectivity index (χ4n) is 4.24. The number of hydrogen-bond donors (Lipinski definition) is 0. The quantitative estimate of drug-likeness (QED) is 0.439. The number of aryl methyl sites for hydroxylation is 2. The van der Waals surface area contributed by atoms with Crippen LogP contribution in [0.5, 0.6) is 0 Å². The van der Waals surface area contributed by atoms with E-state index < -0.39 is 10.2 Å². The van der Waals surface area contributed by atoms with Gasteiger partial charge in [-0.2, -0.15) is 12.7 Å². The molecule has 0 spiro atoms. The van der Waals surface area contributed by atoms with Gasteiger partial charge in [0, 0.05) is 17.8 Å². The molecule has 0 aliphatic carbocycles. The normalized spacial score (nSPS) is 15.6. The van der Waals surface area contributed by atoms with Crippen molar-refractivity contribution in [1.82, 2.24) is 4.31 Å². The van der Waals surface area contributed by atoms with Gasteiger partial charge in [0.25, 0.3) is 0 Å². The number of rotatable bonds is 7. The molecular weight excluding hydrogens is 456 g/mol. The first-order valence-corrected chi connectivity index (χ1v) is 13.5. The van der Waals surface area contributed by atoms with Gasteiger partial charge in [-0.05, 0) is 56.2 Å². The molecule has 6 nitrogen and oxygen atoms in total. The molecule has 1 aliphatic rings. The zero-order valence-electron chi connectivity index (χ0n) is 19.3. The second-order valence-electron chi connectivity index (χ2n) is 8.45. The van der Waals surface area contributed by atoms with Crippen LogP contribution in [-0.2, 0) is 26.3 Å². The Morgan fingerprint density at radius 1 is 1.09 bits per heavy atom. The Morgan fingerprint density at radius 2 is 1.76 bits per heavy atom. The third-order valence-electron chi connectivity index (χ3n) is 6.17. The van der Waals surface area contributed by atoms with Crippen molar-refractivity contribution >= 4 is 42.6 Å². The van der Waals surface area contributed by atoms with Crippen LogP contribution in [0, 0.1) is 19.8 Å². The molecule has 0 unspecified atom stereocenters. The molecule has 1 aliphatic heterocycles. The lowest BCUT2D eigenvalue weighted by Crippen LogP contribution is -2.48. The fraction of sp³-hybridized carbons (Fsp3) is 0.400. The lowest BCUT2D eigenvalue weighted by Gasteiger charge is -2.35. The zero-order chi connectivity index (χ0) is 23.6. The lowest BCUT2D eigenvalue weighted by atomic mass is 9.98. The molecule has 0 N–H and O–H groups in total. The van der Waals surface area contributed by atoms with Crippen LogP contribution in [0.2, 0.25) is 0 Å². The van der Waals surface area contributed by atoms with E-state index in [1.54, 1.807) is 11.2 Å². The summed E-state index contributed by atoms with van der Waals surface area (Å²) in [5.41, 5.74) is 3.03. The third-order valence-corrected chi connectivity index (χ3v) is 9.47. The Bertz CT molecular complexity index is 1230. The van der Waals surface area contributed by atoms with Crippen molar-refractivity contribution in [3.05, 3.63) is 65.2 Å². The summed E-state index contributed by atoms with van der Waals surface area (Å²) in [4.78, 5) is 12.1. The number of fused-ring (bicyclic) bond motifs is 1. The predicted molar refractivity (Wildman–Crippen MR) is 134 cm³/mol. The number of thiophene rings is 1. The van der Waals surface area contributed by atoms with Crippen molar-refractivity contribution < 1.29 is 17.9 Å². The number of hydrogen-bond acceptors (Lipinski definition) is 5. The van der Waals surface area contributed by atoms with Crippen LogP contribution in [0.3, 0.4) is 0 Å². The first kappa shape index (κ1) is 23.7. The monoisotopic (exact) mass is 486 g/mol. The molecule has 176 valence electrons. The summed E-state index contributed by atoms with van der Waals surface area (Å²) in [6, 6.07) is 16.0. The number of benzene rings is 2. The van der Waals surface area contributed by atoms with Gasteiger partial charge in [0.05, 0.1) is 19.1 Å². The number of carbonyl (C=O) groups is 1. The Hall–Kier alpha value is -2.42. The smallest absolute Gasteiger partial charge is 0.309 e. The summed E-state index contributed by atoms with van der Waals surface area (Å²) in [6.07, 6.45) is 0.948. The fourth-order valence-corrected chi connectivity index (χ4v) is 7.36. The topological polar surface area (TPSA) is 66.9 Å². The highest BCUT2D eigenvalue weighted by atomic mass is 32.2. The molecule has 0 radical (unpaired) electrons. The minimum atomic E-state index is -3.79. The minimum absolute atomic E-state index is 0.230. The van der Waals surface area contributed by atoms with Crippen molar-refractivity contribution in [3.8, 4) is 0 Å². The SMILES string of the molecule is CCOC(=O)C1CCN(S(=O)(=O)N(Cc2ccc(C)cc2)c2sc3ccccc3c2C)CC1. The molecule has 2 aromatic carbocycles. The summed E-state index contributed by atoms with van der Waals surface area (Å²) in [5.74, 6) is -0.473. The molecule has 0 bridgehead atoms. The van der Waals surface area contributed by atoms with E-state index >= 15 is 0 Å². The number of carbonyl (C=O) groups excluding carboxylic acids is 1. The van der Waals surface area contributed by atoms with Crippen molar-refractivity contribution in [2.45, 2.75) is 40.2 Å². The molecule has 0 amide bonds. The van der Waals surface area contributed by atoms with Crippen LogP contribution in [-0.4, -0.2) is 38.4 Å². The Morgan fingerprint density at radius 3 is 2.39 bits per heavy atom. The van der Waals surface area contributed by atoms with Crippen LogP contribution in [0.15, 0.2) is 48.5 Å². The van der Waals surface area contributed by atoms with Crippen LogP contribution < -0.4 is 4.31 Å². The number of esters is 1. The molecule has 4 rings (SSSR count). The number of anilines is 1. The Labute approximate surface area is 200 Å². The first-order chi connectivity index (χ1) is 15.8. The highest BCUT2D eigenvalue weighted by molar-refractivity contribution is 7.90. The molecule has 8 heteroatoms. The molecule has 0 saturated carbocycles. The molecule has 33 heavy (non-hydrogen) atoms. The molecule has 0 atom stereocenters. The van der Waals surface area contributed by atoms with E-state index in [0.717, 1.165) is 31.8 Å². The van der Waals surface area contributed by atoms with Gasteiger partial charge in [-0.3, -0.25) is 4.79 Å². The highest BCUT2D eigenvalue weighted by Crippen LogP contribution is 2.40. The lowest BCUT2D eigenvalue weighted by molar-refractivity contribution is -0.149. The van der Waals surface area contributed by atoms with E-state index in [1.807, 2.05) is 62.4 Å². The van der Waals surface area contributed by atoms with Crippen LogP contribution in [0.1, 0.15) is 36.5 Å². The van der Waals surface area contributed by atoms with Gasteiger partial charge in [-0.1, -0.05) is 48.0 Å². The van der Waals surface area contributed by atoms with Gasteiger partial charge in [0.15, 0.2) is 0 Å². The summed E-state index contributed by atoms with van der Waals surface area (Å²) in [7, 11) is -3.79. The van der Waals surface area contributed by atoms with Crippen LogP contribution in [0.25, 0.3) is 10.1 Å². The molecule has 1 aromatic heterocycles. The predicted octanol–water partition coefficient (Wildman–Crippen LogP) is 5.04. The summed E-state index contributed by atoms with van der Waals surface area (Å²) in [5, 5.41) is 1.81. The molecular formula is C25H30N2O4S2. The molecule has 2 heterocycles. The molecule has 1 fully saturated rings. The van der Waals surface area contributed by atoms with E-state index in [-0.39, 0.29) is 18.4 Å². The van der Waals surface area contributed by atoms with Crippen molar-refractivity contribution in [3.63, 3.8) is 0 Å². The molecule has 3 aromatic rings. The first-order valence-electron chi connectivity index (χ1n) is 11.3. The minimum Gasteiger partial charge on any atom is -0.466 e. The van der Waals surface area contributed by atoms with Gasteiger partial charge < -0.3 is 4.74 Å². The third kappa shape index (κ3) is 4.93. The number of ether oxygens (including phenoxy) is 1. The second kappa shape index (κ2) is 9.83. The van der Waals surface area contributed by atoms with Gasteiger partial charge >= 0.3 is 16.2 Å². The van der Waals surface area contributed by atoms with Crippen LogP contribution >= 0.6 is 11.3 Å². The van der Waals surface area contributed by atoms with Crippen molar-refractivity contribution in [2.24, 2.45) is 5.92 Å². The largest absolute Gasteiger partial charge is 0.466 e. The summed E-state index contributed by atoms with van der Waals surface area (Å²) >= 11 is 1.50. The van der Waals surface area contributed by atoms with E-state index in [2.05, 4.69) is 0 Å². The highest BCUT2D eigenvalue weighted by Gasteiger charge is 2.37. The standard InChI is InChI=1S/C25H30N2O4S2/c1-4-31-25(28)21-13-15-26(16-14-21)33(29,30)27(17-20-11-9-18(2)10-12-20)24-19(3)22-7-5-6-8-23(22)32-24/h5-12,21H,4,13-17H2,1-3H3. The summed E-state index contributed by atoms with van der Waals surface area (Å²) in [6.45, 7) is 7.00. The maximum absolute atomic E-state index is 13.9. The van der Waals surface area contributed by atoms with Gasteiger partial charge in [-0.15, -0.1) is 11.3 Å². The maximum Gasteiger partial charge on any atom is 0.309 e. The number of nitrogens with zero attached hydrogens (tertiary/aromatic N) is 2. The maximum atomic E-state index is 13.9. The molecule has 1 saturated heterocycles.